The Bertz CT molecular complexity index is 1050. The molecule has 1 fully saturated rings. The largest absolute Gasteiger partial charge is 0.465 e. The zero-order valence-electron chi connectivity index (χ0n) is 21.1. The highest BCUT2D eigenvalue weighted by Gasteiger charge is 2.15. The van der Waals surface area contributed by atoms with E-state index in [1.807, 2.05) is 61.8 Å². The van der Waals surface area contributed by atoms with Gasteiger partial charge in [0.25, 0.3) is 0 Å². The lowest BCUT2D eigenvalue weighted by atomic mass is 10.1. The second-order valence-electron chi connectivity index (χ2n) is 9.39. The third-order valence-electron chi connectivity index (χ3n) is 6.37. The quantitative estimate of drug-likeness (QED) is 0.207. The van der Waals surface area contributed by atoms with Gasteiger partial charge in [-0.05, 0) is 87.4 Å². The van der Waals surface area contributed by atoms with Crippen LogP contribution in [0.4, 0.5) is 0 Å². The lowest BCUT2D eigenvalue weighted by Gasteiger charge is -2.23. The van der Waals surface area contributed by atoms with Gasteiger partial charge in [0.15, 0.2) is 12.1 Å². The number of hydrogen-bond donors (Lipinski definition) is 0. The summed E-state index contributed by atoms with van der Waals surface area (Å²) in [4.78, 5) is 21.2. The molecule has 3 aromatic rings. The van der Waals surface area contributed by atoms with Crippen molar-refractivity contribution in [3.05, 3.63) is 78.1 Å². The van der Waals surface area contributed by atoms with Crippen LogP contribution in [0.25, 0.3) is 11.4 Å². The molecule has 190 valence electrons. The van der Waals surface area contributed by atoms with Crippen LogP contribution in [0.15, 0.2) is 67.0 Å². The summed E-state index contributed by atoms with van der Waals surface area (Å²) in [7, 11) is 0. The molecule has 0 N–H and O–H groups in total. The third kappa shape index (κ3) is 8.16. The lowest BCUT2D eigenvalue weighted by Crippen LogP contribution is -2.24. The van der Waals surface area contributed by atoms with Crippen molar-refractivity contribution >= 4 is 5.97 Å². The van der Waals surface area contributed by atoms with E-state index in [4.69, 9.17) is 14.2 Å². The van der Waals surface area contributed by atoms with Crippen molar-refractivity contribution < 1.29 is 19.0 Å². The number of ether oxygens (including phenoxy) is 3. The van der Waals surface area contributed by atoms with Gasteiger partial charge >= 0.3 is 5.97 Å². The molecule has 0 radical (unpaired) electrons. The molecule has 2 aromatic carbocycles. The molecule has 2 unspecified atom stereocenters. The number of hydrogen-bond acceptors (Lipinski definition) is 6. The SMILES string of the molecule is CC(CCCCCCc1cnc(-c2ccc(OC3CCCCO3)cc2)nc1)OC(=O)c1ccccc1. The Morgan fingerprint density at radius 1 is 0.972 bits per heavy atom. The Kier molecular flexibility index (Phi) is 9.86. The molecule has 1 saturated heterocycles. The van der Waals surface area contributed by atoms with Gasteiger partial charge in [-0.1, -0.05) is 31.0 Å². The molecule has 1 aliphatic heterocycles. The highest BCUT2D eigenvalue weighted by molar-refractivity contribution is 5.89. The van der Waals surface area contributed by atoms with Gasteiger partial charge in [0, 0.05) is 24.4 Å². The van der Waals surface area contributed by atoms with E-state index < -0.39 is 0 Å². The van der Waals surface area contributed by atoms with E-state index in [9.17, 15) is 4.79 Å². The summed E-state index contributed by atoms with van der Waals surface area (Å²) >= 11 is 0. The molecular formula is C30H36N2O4. The molecular weight excluding hydrogens is 452 g/mol. The minimum absolute atomic E-state index is 0.0696. The summed E-state index contributed by atoms with van der Waals surface area (Å²) < 4.78 is 17.1. The van der Waals surface area contributed by atoms with Crippen molar-refractivity contribution in [1.29, 1.82) is 0 Å². The second-order valence-corrected chi connectivity index (χ2v) is 9.39. The van der Waals surface area contributed by atoms with Crippen molar-refractivity contribution in [2.75, 3.05) is 6.61 Å². The molecule has 1 aliphatic rings. The highest BCUT2D eigenvalue weighted by Crippen LogP contribution is 2.23. The van der Waals surface area contributed by atoms with Gasteiger partial charge in [-0.15, -0.1) is 0 Å². The van der Waals surface area contributed by atoms with Crippen LogP contribution in [0.2, 0.25) is 0 Å². The Morgan fingerprint density at radius 3 is 2.44 bits per heavy atom. The first kappa shape index (κ1) is 25.8. The van der Waals surface area contributed by atoms with Crippen molar-refractivity contribution in [1.82, 2.24) is 9.97 Å². The van der Waals surface area contributed by atoms with Gasteiger partial charge in [-0.2, -0.15) is 0 Å². The van der Waals surface area contributed by atoms with E-state index in [2.05, 4.69) is 9.97 Å². The Hall–Kier alpha value is -3.25. The number of esters is 1. The minimum atomic E-state index is -0.245. The van der Waals surface area contributed by atoms with E-state index >= 15 is 0 Å². The predicted octanol–water partition coefficient (Wildman–Crippen LogP) is 6.79. The number of aromatic nitrogens is 2. The first-order valence-corrected chi connectivity index (χ1v) is 13.1. The molecule has 0 saturated carbocycles. The highest BCUT2D eigenvalue weighted by atomic mass is 16.7. The summed E-state index contributed by atoms with van der Waals surface area (Å²) in [6.07, 6.45) is 13.1. The number of aryl methyl sites for hydroxylation is 1. The summed E-state index contributed by atoms with van der Waals surface area (Å²) in [5.41, 5.74) is 2.73. The van der Waals surface area contributed by atoms with E-state index in [-0.39, 0.29) is 18.4 Å². The number of carbonyl (C=O) groups is 1. The van der Waals surface area contributed by atoms with Gasteiger partial charge < -0.3 is 14.2 Å². The van der Waals surface area contributed by atoms with Crippen LogP contribution in [0.5, 0.6) is 5.75 Å². The maximum Gasteiger partial charge on any atom is 0.338 e. The molecule has 36 heavy (non-hydrogen) atoms. The summed E-state index contributed by atoms with van der Waals surface area (Å²) in [5.74, 6) is 1.29. The fourth-order valence-electron chi connectivity index (χ4n) is 4.27. The second kappa shape index (κ2) is 13.7. The normalized spacial score (nSPS) is 16.3. The van der Waals surface area contributed by atoms with Crippen molar-refractivity contribution in [2.24, 2.45) is 0 Å². The molecule has 0 spiro atoms. The molecule has 6 heteroatoms. The Labute approximate surface area is 214 Å². The van der Waals surface area contributed by atoms with Crippen LogP contribution in [-0.2, 0) is 15.9 Å². The number of unbranched alkanes of at least 4 members (excludes halogenated alkanes) is 3. The van der Waals surface area contributed by atoms with Crippen molar-refractivity contribution in [3.8, 4) is 17.1 Å². The standard InChI is InChI=1S/C30H36N2O4/c1-23(35-30(33)26-13-7-4-8-14-26)11-5-2-3-6-12-24-21-31-29(32-22-24)25-16-18-27(19-17-25)36-28-15-9-10-20-34-28/h4,7-8,13-14,16-19,21-23,28H,2-3,5-6,9-12,15,20H2,1H3. The van der Waals surface area contributed by atoms with E-state index in [0.717, 1.165) is 87.1 Å². The molecule has 2 atom stereocenters. The van der Waals surface area contributed by atoms with Crippen molar-refractivity contribution in [3.63, 3.8) is 0 Å². The fourth-order valence-corrected chi connectivity index (χ4v) is 4.27. The molecule has 4 rings (SSSR count). The fraction of sp³-hybridized carbons (Fsp3) is 0.433. The smallest absolute Gasteiger partial charge is 0.338 e. The first-order valence-electron chi connectivity index (χ1n) is 13.1. The van der Waals surface area contributed by atoms with Crippen molar-refractivity contribution in [2.45, 2.75) is 77.1 Å². The van der Waals surface area contributed by atoms with Crippen LogP contribution in [0, 0.1) is 0 Å². The first-order chi connectivity index (χ1) is 17.7. The van der Waals surface area contributed by atoms with E-state index in [1.54, 1.807) is 12.1 Å². The predicted molar refractivity (Wildman–Crippen MR) is 140 cm³/mol. The van der Waals surface area contributed by atoms with Crippen LogP contribution in [-0.4, -0.2) is 34.9 Å². The topological polar surface area (TPSA) is 70.5 Å². The maximum absolute atomic E-state index is 12.1. The van der Waals surface area contributed by atoms with Gasteiger partial charge in [0.2, 0.25) is 0 Å². The monoisotopic (exact) mass is 488 g/mol. The molecule has 1 aromatic heterocycles. The minimum Gasteiger partial charge on any atom is -0.465 e. The number of nitrogens with zero attached hydrogens (tertiary/aromatic N) is 2. The maximum atomic E-state index is 12.1. The number of rotatable bonds is 12. The molecule has 2 heterocycles. The molecule has 0 bridgehead atoms. The average Bonchev–Trinajstić information content (AvgIpc) is 2.92. The van der Waals surface area contributed by atoms with E-state index in [1.165, 1.54) is 0 Å². The van der Waals surface area contributed by atoms with Crippen LogP contribution >= 0.6 is 0 Å². The summed E-state index contributed by atoms with van der Waals surface area (Å²) in [6.45, 7) is 2.74. The molecule has 0 aliphatic carbocycles. The zero-order valence-corrected chi connectivity index (χ0v) is 21.1. The van der Waals surface area contributed by atoms with Crippen LogP contribution < -0.4 is 4.74 Å². The van der Waals surface area contributed by atoms with Gasteiger partial charge in [0.1, 0.15) is 5.75 Å². The molecule has 0 amide bonds. The third-order valence-corrected chi connectivity index (χ3v) is 6.37. The number of benzene rings is 2. The number of carbonyl (C=O) groups excluding carboxylic acids is 1. The lowest BCUT2D eigenvalue weighted by molar-refractivity contribution is -0.105. The summed E-state index contributed by atoms with van der Waals surface area (Å²) in [5, 5.41) is 0. The summed E-state index contributed by atoms with van der Waals surface area (Å²) in [6, 6.07) is 17.0. The Morgan fingerprint density at radius 2 is 1.72 bits per heavy atom. The van der Waals surface area contributed by atoms with Gasteiger partial charge in [0.05, 0.1) is 18.3 Å². The van der Waals surface area contributed by atoms with Crippen LogP contribution in [0.3, 0.4) is 0 Å². The zero-order chi connectivity index (χ0) is 25.0. The van der Waals surface area contributed by atoms with Crippen LogP contribution in [0.1, 0.15) is 74.2 Å². The Balaban J connectivity index is 1.11. The van der Waals surface area contributed by atoms with Gasteiger partial charge in [-0.25, -0.2) is 14.8 Å². The molecule has 6 nitrogen and oxygen atoms in total. The van der Waals surface area contributed by atoms with E-state index in [0.29, 0.717) is 5.56 Å². The average molecular weight is 489 g/mol. The van der Waals surface area contributed by atoms with Gasteiger partial charge in [-0.3, -0.25) is 0 Å².